The van der Waals surface area contributed by atoms with E-state index in [2.05, 4.69) is 38.2 Å². The van der Waals surface area contributed by atoms with Gasteiger partial charge >= 0.3 is 13.8 Å². The molecule has 0 radical (unpaired) electrons. The van der Waals surface area contributed by atoms with E-state index in [0.717, 1.165) is 32.1 Å². The molecule has 0 aliphatic rings. The quantitative estimate of drug-likeness (QED) is 0.0158. The first-order valence-electron chi connectivity index (χ1n) is 21.5. The van der Waals surface area contributed by atoms with Crippen LogP contribution in [-0.2, 0) is 27.9 Å². The van der Waals surface area contributed by atoms with Crippen LogP contribution in [-0.4, -0.2) is 86.8 Å². The Bertz CT molecular complexity index is 1020. The summed E-state index contributed by atoms with van der Waals surface area (Å²) in [4.78, 5) is 22.9. The molecule has 0 spiro atoms. The number of likely N-dealkylation sites (N-methyl/N-ethyl adjacent to an activating group) is 1. The average molecular weight is 785 g/mol. The highest BCUT2D eigenvalue weighted by Gasteiger charge is 2.26. The van der Waals surface area contributed by atoms with Gasteiger partial charge < -0.3 is 24.0 Å². The number of hydrogen-bond acceptors (Lipinski definition) is 7. The maximum Gasteiger partial charge on any atom is 0.472 e. The topological polar surface area (TPSA) is 112 Å². The van der Waals surface area contributed by atoms with E-state index in [1.165, 1.54) is 96.3 Å². The fraction of sp³-hybridized carbons (Fsp3) is 0.795. The van der Waals surface area contributed by atoms with Crippen molar-refractivity contribution >= 4 is 13.8 Å². The molecule has 0 aliphatic heterocycles. The first-order valence-corrected chi connectivity index (χ1v) is 23.0. The van der Waals surface area contributed by atoms with Crippen molar-refractivity contribution in [3.63, 3.8) is 0 Å². The van der Waals surface area contributed by atoms with E-state index in [0.29, 0.717) is 30.5 Å². The van der Waals surface area contributed by atoms with Crippen LogP contribution in [0.3, 0.4) is 0 Å². The molecule has 316 valence electrons. The first kappa shape index (κ1) is 52.4. The second-order valence-corrected chi connectivity index (χ2v) is 17.0. The van der Waals surface area contributed by atoms with Crippen LogP contribution in [0, 0.1) is 0 Å². The van der Waals surface area contributed by atoms with Crippen LogP contribution in [0.2, 0.25) is 0 Å². The molecule has 2 N–H and O–H groups in total. The number of phosphoric acid groups is 1. The number of rotatable bonds is 39. The van der Waals surface area contributed by atoms with Crippen LogP contribution < -0.4 is 0 Å². The predicted octanol–water partition coefficient (Wildman–Crippen LogP) is 11.4. The number of phosphoric ester groups is 1. The number of carbonyl (C=O) groups is 1. The number of quaternary nitrogens is 1. The van der Waals surface area contributed by atoms with E-state index in [1.807, 2.05) is 39.4 Å². The standard InChI is InChI=1S/C44H82NO8P/c1-6-8-10-12-14-16-18-20-22-24-26-28-30-32-38-50-40-43(41-52-54(48,49)51-39-37-45(3,4)5)53-44(47)36-33-35-42(46)34-31-29-27-25-23-21-19-17-15-13-11-9-7-2/h15,17,21,23,27,29,31,34,42-43,46H,6-14,16,18-20,22,24-26,28,30,32-33,35-41H2,1-5H3/p+1/b17-15-,23-21-,29-27-,34-31+. The van der Waals surface area contributed by atoms with E-state index in [-0.39, 0.29) is 26.2 Å². The normalized spacial score (nSPS) is 14.9. The summed E-state index contributed by atoms with van der Waals surface area (Å²) >= 11 is 0. The third-order valence-corrected chi connectivity index (χ3v) is 9.98. The average Bonchev–Trinajstić information content (AvgIpc) is 3.11. The number of aliphatic hydroxyl groups excluding tert-OH is 1. The molecule has 0 aromatic heterocycles. The highest BCUT2D eigenvalue weighted by atomic mass is 31.2. The minimum Gasteiger partial charge on any atom is -0.457 e. The lowest BCUT2D eigenvalue weighted by molar-refractivity contribution is -0.870. The smallest absolute Gasteiger partial charge is 0.457 e. The summed E-state index contributed by atoms with van der Waals surface area (Å²) in [5.41, 5.74) is 0. The van der Waals surface area contributed by atoms with Gasteiger partial charge in [-0.05, 0) is 44.9 Å². The molecular weight excluding hydrogens is 701 g/mol. The molecule has 0 amide bonds. The molecule has 0 aromatic carbocycles. The molecular formula is C44H83NO8P+. The van der Waals surface area contributed by atoms with Gasteiger partial charge in [-0.15, -0.1) is 0 Å². The third kappa shape index (κ3) is 40.1. The minimum atomic E-state index is -4.33. The zero-order chi connectivity index (χ0) is 40.0. The van der Waals surface area contributed by atoms with Gasteiger partial charge in [0, 0.05) is 13.0 Å². The summed E-state index contributed by atoms with van der Waals surface area (Å²) in [5, 5.41) is 10.3. The molecule has 54 heavy (non-hydrogen) atoms. The Morgan fingerprint density at radius 1 is 0.667 bits per heavy atom. The second-order valence-electron chi connectivity index (χ2n) is 15.6. The molecule has 10 heteroatoms. The number of allylic oxidation sites excluding steroid dienone is 7. The van der Waals surface area contributed by atoms with Crippen LogP contribution in [0.15, 0.2) is 48.6 Å². The predicted molar refractivity (Wildman–Crippen MR) is 225 cm³/mol. The molecule has 0 rings (SSSR count). The number of esters is 1. The number of aliphatic hydroxyl groups is 1. The molecule has 0 bridgehead atoms. The van der Waals surface area contributed by atoms with E-state index < -0.39 is 26.0 Å². The van der Waals surface area contributed by atoms with Crippen molar-refractivity contribution in [2.24, 2.45) is 0 Å². The number of unbranched alkanes of at least 4 members (excludes halogenated alkanes) is 16. The molecule has 0 saturated heterocycles. The van der Waals surface area contributed by atoms with Crippen molar-refractivity contribution in [1.82, 2.24) is 0 Å². The Morgan fingerprint density at radius 3 is 1.83 bits per heavy atom. The van der Waals surface area contributed by atoms with Crippen molar-refractivity contribution < 1.29 is 42.4 Å². The largest absolute Gasteiger partial charge is 0.472 e. The van der Waals surface area contributed by atoms with Gasteiger partial charge in [-0.1, -0.05) is 159 Å². The fourth-order valence-corrected chi connectivity index (χ4v) is 6.34. The Balaban J connectivity index is 4.46. The van der Waals surface area contributed by atoms with E-state index in [1.54, 1.807) is 6.08 Å². The van der Waals surface area contributed by atoms with Crippen molar-refractivity contribution in [3.05, 3.63) is 48.6 Å². The van der Waals surface area contributed by atoms with Crippen molar-refractivity contribution in [1.29, 1.82) is 0 Å². The third-order valence-electron chi connectivity index (χ3n) is 9.00. The summed E-state index contributed by atoms with van der Waals surface area (Å²) in [6.45, 7) is 5.32. The molecule has 0 heterocycles. The SMILES string of the molecule is CCCCC/C=C\C/C=C\C/C=C\C=C\C(O)CCCC(=O)OC(COCCCCCCCCCCCCCCCC)COP(=O)(O)OCC[N+](C)(C)C. The molecule has 0 saturated carbocycles. The van der Waals surface area contributed by atoms with Crippen molar-refractivity contribution in [2.45, 2.75) is 174 Å². The summed E-state index contributed by atoms with van der Waals surface area (Å²) in [6.07, 6.45) is 40.3. The molecule has 3 unspecified atom stereocenters. The maximum atomic E-state index is 12.7. The summed E-state index contributed by atoms with van der Waals surface area (Å²) in [5.74, 6) is -0.471. The van der Waals surface area contributed by atoms with Gasteiger partial charge in [0.05, 0.1) is 40.5 Å². The summed E-state index contributed by atoms with van der Waals surface area (Å²) in [7, 11) is 1.55. The zero-order valence-electron chi connectivity index (χ0n) is 35.3. The van der Waals surface area contributed by atoms with E-state index in [9.17, 15) is 19.4 Å². The molecule has 3 atom stereocenters. The van der Waals surface area contributed by atoms with Crippen LogP contribution >= 0.6 is 7.82 Å². The van der Waals surface area contributed by atoms with Crippen molar-refractivity contribution in [3.8, 4) is 0 Å². The number of ether oxygens (including phenoxy) is 2. The number of carbonyl (C=O) groups excluding carboxylic acids is 1. The summed E-state index contributed by atoms with van der Waals surface area (Å²) in [6, 6.07) is 0. The maximum absolute atomic E-state index is 12.7. The van der Waals surface area contributed by atoms with Crippen LogP contribution in [0.1, 0.15) is 162 Å². The fourth-order valence-electron chi connectivity index (χ4n) is 5.60. The van der Waals surface area contributed by atoms with Gasteiger partial charge in [0.2, 0.25) is 0 Å². The van der Waals surface area contributed by atoms with Gasteiger partial charge in [-0.3, -0.25) is 13.8 Å². The molecule has 0 aliphatic carbocycles. The lowest BCUT2D eigenvalue weighted by Gasteiger charge is -2.24. The Kier molecular flexibility index (Phi) is 35.9. The zero-order valence-corrected chi connectivity index (χ0v) is 36.2. The minimum absolute atomic E-state index is 0.0537. The van der Waals surface area contributed by atoms with Gasteiger partial charge in [-0.25, -0.2) is 4.57 Å². The highest BCUT2D eigenvalue weighted by Crippen LogP contribution is 2.43. The van der Waals surface area contributed by atoms with Crippen LogP contribution in [0.5, 0.6) is 0 Å². The number of hydrogen-bond donors (Lipinski definition) is 2. The monoisotopic (exact) mass is 785 g/mol. The van der Waals surface area contributed by atoms with Crippen molar-refractivity contribution in [2.75, 3.05) is 54.1 Å². The van der Waals surface area contributed by atoms with Crippen LogP contribution in [0.25, 0.3) is 0 Å². The van der Waals surface area contributed by atoms with E-state index >= 15 is 0 Å². The highest BCUT2D eigenvalue weighted by molar-refractivity contribution is 7.47. The summed E-state index contributed by atoms with van der Waals surface area (Å²) < 4.78 is 34.8. The first-order chi connectivity index (χ1) is 26.0. The van der Waals surface area contributed by atoms with Gasteiger partial charge in [-0.2, -0.15) is 0 Å². The lowest BCUT2D eigenvalue weighted by Crippen LogP contribution is -2.37. The molecule has 9 nitrogen and oxygen atoms in total. The van der Waals surface area contributed by atoms with Gasteiger partial charge in [0.1, 0.15) is 19.3 Å². The van der Waals surface area contributed by atoms with Gasteiger partial charge in [0.25, 0.3) is 0 Å². The van der Waals surface area contributed by atoms with Crippen LogP contribution in [0.4, 0.5) is 0 Å². The lowest BCUT2D eigenvalue weighted by atomic mass is 10.0. The Hall–Kier alpha value is -1.58. The molecule has 0 aromatic rings. The molecule has 0 fully saturated rings. The second kappa shape index (κ2) is 37.0. The number of nitrogens with zero attached hydrogens (tertiary/aromatic N) is 1. The van der Waals surface area contributed by atoms with E-state index in [4.69, 9.17) is 18.5 Å². The Morgan fingerprint density at radius 2 is 1.22 bits per heavy atom. The Labute approximate surface area is 331 Å². The van der Waals surface area contributed by atoms with Gasteiger partial charge in [0.15, 0.2) is 0 Å².